The molecule has 0 saturated carbocycles. The topological polar surface area (TPSA) is 61.8 Å². The van der Waals surface area contributed by atoms with Crippen LogP contribution in [0.15, 0.2) is 53.5 Å². The molecule has 0 bridgehead atoms. The Morgan fingerprint density at radius 2 is 1.72 bits per heavy atom. The van der Waals surface area contributed by atoms with Gasteiger partial charge in [-0.2, -0.15) is 0 Å². The van der Waals surface area contributed by atoms with Crippen molar-refractivity contribution in [1.82, 2.24) is 5.32 Å². The lowest BCUT2D eigenvalue weighted by molar-refractivity contribution is -0.130. The van der Waals surface area contributed by atoms with E-state index in [-0.39, 0.29) is 5.11 Å². The van der Waals surface area contributed by atoms with Crippen molar-refractivity contribution in [1.29, 1.82) is 0 Å². The molecule has 2 amide bonds. The molecule has 5 nitrogen and oxygen atoms in total. The Hall–Kier alpha value is -2.86. The summed E-state index contributed by atoms with van der Waals surface area (Å²) in [4.78, 5) is 30.7. The molecule has 1 aliphatic rings. The van der Waals surface area contributed by atoms with E-state index in [0.717, 1.165) is 11.1 Å². The fraction of sp³-hybridized carbons (Fsp3) is 0.158. The molecule has 0 aromatic heterocycles. The number of rotatable bonds is 3. The van der Waals surface area contributed by atoms with Gasteiger partial charge in [-0.3, -0.25) is 19.5 Å². The van der Waals surface area contributed by atoms with Crippen molar-refractivity contribution in [2.45, 2.75) is 13.8 Å². The summed E-state index contributed by atoms with van der Waals surface area (Å²) in [5.41, 5.74) is 3.46. The number of carbonyl (C=O) groups is 2. The van der Waals surface area contributed by atoms with Gasteiger partial charge in [0, 0.05) is 6.21 Å². The highest BCUT2D eigenvalue weighted by atomic mass is 32.1. The first-order valence-corrected chi connectivity index (χ1v) is 8.23. The fourth-order valence-electron chi connectivity index (χ4n) is 2.73. The number of nitrogens with one attached hydrogen (secondary N) is 1. The predicted octanol–water partition coefficient (Wildman–Crippen LogP) is 3.07. The van der Waals surface area contributed by atoms with Crippen LogP contribution in [0.2, 0.25) is 0 Å². The number of aliphatic imine (C=N–C) groups is 1. The van der Waals surface area contributed by atoms with E-state index in [1.165, 1.54) is 11.1 Å². The Balaban J connectivity index is 1.90. The zero-order valence-corrected chi connectivity index (χ0v) is 14.7. The molecule has 0 spiro atoms. The van der Waals surface area contributed by atoms with E-state index in [0.29, 0.717) is 11.4 Å². The summed E-state index contributed by atoms with van der Waals surface area (Å²) in [7, 11) is 0. The van der Waals surface area contributed by atoms with Gasteiger partial charge in [-0.05, 0) is 61.5 Å². The molecule has 2 aromatic rings. The van der Waals surface area contributed by atoms with E-state index in [4.69, 9.17) is 12.2 Å². The largest absolute Gasteiger partial charge is 0.301 e. The van der Waals surface area contributed by atoms with Crippen LogP contribution >= 0.6 is 12.2 Å². The van der Waals surface area contributed by atoms with Crippen molar-refractivity contribution >= 4 is 46.7 Å². The second kappa shape index (κ2) is 6.94. The normalized spacial score (nSPS) is 17.9. The highest BCUT2D eigenvalue weighted by molar-refractivity contribution is 7.80. The number of aryl methyl sites for hydroxylation is 2. The number of carbonyl (C=O) groups excluding carboxylic acids is 2. The van der Waals surface area contributed by atoms with Gasteiger partial charge in [-0.15, -0.1) is 0 Å². The van der Waals surface area contributed by atoms with Gasteiger partial charge in [0.05, 0.1) is 11.4 Å². The second-order valence-corrected chi connectivity index (χ2v) is 6.29. The van der Waals surface area contributed by atoms with Crippen LogP contribution in [0.25, 0.3) is 0 Å². The van der Waals surface area contributed by atoms with Gasteiger partial charge in [0.15, 0.2) is 11.0 Å². The lowest BCUT2D eigenvalue weighted by Crippen LogP contribution is -2.58. The summed E-state index contributed by atoms with van der Waals surface area (Å²) in [6.07, 6.45) is 1.38. The molecular weight excluding hydrogens is 334 g/mol. The molecule has 2 aromatic carbocycles. The van der Waals surface area contributed by atoms with E-state index < -0.39 is 17.7 Å². The van der Waals surface area contributed by atoms with Crippen LogP contribution in [-0.4, -0.2) is 23.1 Å². The number of anilines is 1. The third-order valence-corrected chi connectivity index (χ3v) is 4.08. The summed E-state index contributed by atoms with van der Waals surface area (Å²) in [6, 6.07) is 14.8. The second-order valence-electron chi connectivity index (χ2n) is 5.91. The maximum Gasteiger partial charge on any atom is 0.251 e. The number of benzene rings is 2. The standard InChI is InChI=1S/C19H17N3O2S/c1-12-8-13(2)10-14(9-12)20-11-16-17(23)21-19(25)22(18(16)24)15-6-4-3-5-7-15/h3-11,16H,1-2H3,(H,21,23,25)/t16-/m1/s1. The Kier molecular flexibility index (Phi) is 4.72. The molecule has 1 aliphatic heterocycles. The summed E-state index contributed by atoms with van der Waals surface area (Å²) in [5.74, 6) is -1.89. The van der Waals surface area contributed by atoms with Crippen molar-refractivity contribution in [3.8, 4) is 0 Å². The van der Waals surface area contributed by atoms with Crippen LogP contribution in [-0.2, 0) is 9.59 Å². The van der Waals surface area contributed by atoms with Gasteiger partial charge < -0.3 is 5.32 Å². The number of thiocarbonyl (C=S) groups is 1. The average Bonchev–Trinajstić information content (AvgIpc) is 2.54. The van der Waals surface area contributed by atoms with E-state index in [1.54, 1.807) is 24.3 Å². The molecular formula is C19H17N3O2S. The highest BCUT2D eigenvalue weighted by Crippen LogP contribution is 2.21. The monoisotopic (exact) mass is 351 g/mol. The van der Waals surface area contributed by atoms with Gasteiger partial charge in [0.2, 0.25) is 5.91 Å². The minimum absolute atomic E-state index is 0.0808. The quantitative estimate of drug-likeness (QED) is 0.525. The van der Waals surface area contributed by atoms with Crippen molar-refractivity contribution in [3.63, 3.8) is 0 Å². The molecule has 0 aliphatic carbocycles. The molecule has 3 rings (SSSR count). The smallest absolute Gasteiger partial charge is 0.251 e. The molecule has 25 heavy (non-hydrogen) atoms. The average molecular weight is 351 g/mol. The first kappa shape index (κ1) is 17.0. The molecule has 126 valence electrons. The van der Waals surface area contributed by atoms with Crippen LogP contribution in [0, 0.1) is 19.8 Å². The predicted molar refractivity (Wildman–Crippen MR) is 102 cm³/mol. The van der Waals surface area contributed by atoms with E-state index in [9.17, 15) is 9.59 Å². The van der Waals surface area contributed by atoms with Crippen LogP contribution < -0.4 is 10.2 Å². The lowest BCUT2D eigenvalue weighted by Gasteiger charge is -2.30. The van der Waals surface area contributed by atoms with Crippen LogP contribution in [0.5, 0.6) is 0 Å². The summed E-state index contributed by atoms with van der Waals surface area (Å²) in [5, 5.41) is 2.65. The Bertz CT molecular complexity index is 857. The van der Waals surface area contributed by atoms with Gasteiger partial charge >= 0.3 is 0 Å². The molecule has 1 N–H and O–H groups in total. The number of hydrogen-bond donors (Lipinski definition) is 1. The van der Waals surface area contributed by atoms with Gasteiger partial charge in [-0.25, -0.2) is 0 Å². The molecule has 1 atom stereocenters. The lowest BCUT2D eigenvalue weighted by atomic mass is 10.1. The van der Waals surface area contributed by atoms with E-state index >= 15 is 0 Å². The molecule has 0 unspecified atom stereocenters. The molecule has 1 fully saturated rings. The maximum atomic E-state index is 12.8. The minimum atomic E-state index is -1.02. The maximum absolute atomic E-state index is 12.8. The minimum Gasteiger partial charge on any atom is -0.301 e. The van der Waals surface area contributed by atoms with Gasteiger partial charge in [0.25, 0.3) is 5.91 Å². The zero-order valence-electron chi connectivity index (χ0n) is 13.9. The third-order valence-electron chi connectivity index (χ3n) is 3.80. The molecule has 1 heterocycles. The zero-order chi connectivity index (χ0) is 18.0. The number of para-hydroxylation sites is 1. The Morgan fingerprint density at radius 1 is 1.08 bits per heavy atom. The number of hydrogen-bond acceptors (Lipinski definition) is 4. The SMILES string of the molecule is Cc1cc(C)cc(N=C[C@@H]2C(=O)NC(=S)N(c3ccccc3)C2=O)c1. The Morgan fingerprint density at radius 3 is 2.36 bits per heavy atom. The third kappa shape index (κ3) is 3.64. The first-order chi connectivity index (χ1) is 12.0. The highest BCUT2D eigenvalue weighted by Gasteiger charge is 2.38. The van der Waals surface area contributed by atoms with Gasteiger partial charge in [0.1, 0.15) is 0 Å². The van der Waals surface area contributed by atoms with Crippen molar-refractivity contribution in [3.05, 3.63) is 59.7 Å². The van der Waals surface area contributed by atoms with Crippen molar-refractivity contribution in [2.24, 2.45) is 10.9 Å². The number of nitrogens with zero attached hydrogens (tertiary/aromatic N) is 2. The Labute approximate surface area is 151 Å². The van der Waals surface area contributed by atoms with Crippen LogP contribution in [0.3, 0.4) is 0 Å². The van der Waals surface area contributed by atoms with E-state index in [2.05, 4.69) is 10.3 Å². The fourth-order valence-corrected chi connectivity index (χ4v) is 3.03. The van der Waals surface area contributed by atoms with Crippen molar-refractivity contribution in [2.75, 3.05) is 4.90 Å². The van der Waals surface area contributed by atoms with Crippen molar-refractivity contribution < 1.29 is 9.59 Å². The summed E-state index contributed by atoms with van der Waals surface area (Å²) in [6.45, 7) is 3.94. The number of amides is 2. The summed E-state index contributed by atoms with van der Waals surface area (Å²) < 4.78 is 0. The van der Waals surface area contributed by atoms with Crippen LogP contribution in [0.4, 0.5) is 11.4 Å². The van der Waals surface area contributed by atoms with Gasteiger partial charge in [-0.1, -0.05) is 24.3 Å². The molecule has 6 heteroatoms. The molecule has 1 saturated heterocycles. The van der Waals surface area contributed by atoms with Crippen LogP contribution in [0.1, 0.15) is 11.1 Å². The van der Waals surface area contributed by atoms with E-state index in [1.807, 2.05) is 38.1 Å². The first-order valence-electron chi connectivity index (χ1n) is 7.82. The molecule has 0 radical (unpaired) electrons. The summed E-state index contributed by atoms with van der Waals surface area (Å²) >= 11 is 5.16.